The second-order valence-electron chi connectivity index (χ2n) is 8.27. The average molecular weight is 492 g/mol. The number of nitrogens with zero attached hydrogens (tertiary/aromatic N) is 1. The van der Waals surface area contributed by atoms with Crippen molar-refractivity contribution in [3.63, 3.8) is 0 Å². The van der Waals surface area contributed by atoms with Gasteiger partial charge in [0.25, 0.3) is 17.5 Å². The van der Waals surface area contributed by atoms with Gasteiger partial charge in [-0.3, -0.25) is 19.7 Å². The third-order valence-corrected chi connectivity index (χ3v) is 5.50. The highest BCUT2D eigenvalue weighted by Crippen LogP contribution is 2.26. The molecule has 0 aromatic heterocycles. The smallest absolute Gasteiger partial charge is 0.330 e. The molecule has 2 aromatic rings. The van der Waals surface area contributed by atoms with Crippen LogP contribution in [0.1, 0.15) is 48.7 Å². The van der Waals surface area contributed by atoms with Gasteiger partial charge in [-0.2, -0.15) is 0 Å². The number of amides is 2. The van der Waals surface area contributed by atoms with Crippen LogP contribution in [-0.4, -0.2) is 34.8 Å². The van der Waals surface area contributed by atoms with Crippen LogP contribution in [0.4, 0.5) is 10.1 Å². The third-order valence-electron chi connectivity index (χ3n) is 5.18. The van der Waals surface area contributed by atoms with Gasteiger partial charge in [-0.05, 0) is 43.0 Å². The molecule has 1 saturated carbocycles. The van der Waals surface area contributed by atoms with Gasteiger partial charge in [0, 0.05) is 23.2 Å². The Hall–Kier alpha value is -3.53. The lowest BCUT2D eigenvalue weighted by molar-refractivity contribution is -0.384. The van der Waals surface area contributed by atoms with E-state index in [1.807, 2.05) is 0 Å². The van der Waals surface area contributed by atoms with Crippen LogP contribution in [0.25, 0.3) is 0 Å². The molecule has 2 atom stereocenters. The molecule has 2 aromatic carbocycles. The zero-order valence-electron chi connectivity index (χ0n) is 18.4. The summed E-state index contributed by atoms with van der Waals surface area (Å²) in [6.45, 7) is 3.32. The average Bonchev–Trinajstić information content (AvgIpc) is 3.60. The molecule has 1 fully saturated rings. The van der Waals surface area contributed by atoms with Crippen LogP contribution in [0, 0.1) is 21.8 Å². The lowest BCUT2D eigenvalue weighted by Gasteiger charge is -2.24. The van der Waals surface area contributed by atoms with Crippen molar-refractivity contribution >= 4 is 35.1 Å². The fourth-order valence-corrected chi connectivity index (χ4v) is 3.31. The Morgan fingerprint density at radius 2 is 1.79 bits per heavy atom. The SMILES string of the molecule is CC(C)[C@@H](NC(=O)c1ccc(Cl)c([N+](=O)[O-])c1)C(=O)O[C@H](C(=O)NC1CC1)c1ccc(F)cc1. The van der Waals surface area contributed by atoms with Crippen molar-refractivity contribution in [2.75, 3.05) is 0 Å². The topological polar surface area (TPSA) is 128 Å². The van der Waals surface area contributed by atoms with Gasteiger partial charge < -0.3 is 15.4 Å². The van der Waals surface area contributed by atoms with Crippen LogP contribution < -0.4 is 10.6 Å². The Bertz CT molecular complexity index is 1100. The summed E-state index contributed by atoms with van der Waals surface area (Å²) in [4.78, 5) is 48.9. The van der Waals surface area contributed by atoms with Gasteiger partial charge in [-0.25, -0.2) is 9.18 Å². The molecule has 0 unspecified atom stereocenters. The summed E-state index contributed by atoms with van der Waals surface area (Å²) in [5.41, 5.74) is -0.253. The summed E-state index contributed by atoms with van der Waals surface area (Å²) in [6, 6.07) is 7.32. The van der Waals surface area contributed by atoms with E-state index in [0.717, 1.165) is 31.0 Å². The maximum atomic E-state index is 13.4. The van der Waals surface area contributed by atoms with Crippen molar-refractivity contribution in [2.45, 2.75) is 44.9 Å². The molecule has 34 heavy (non-hydrogen) atoms. The van der Waals surface area contributed by atoms with Gasteiger partial charge in [-0.1, -0.05) is 37.6 Å². The number of halogens is 2. The Labute approximate surface area is 199 Å². The van der Waals surface area contributed by atoms with Crippen molar-refractivity contribution in [3.8, 4) is 0 Å². The molecule has 11 heteroatoms. The van der Waals surface area contributed by atoms with E-state index >= 15 is 0 Å². The van der Waals surface area contributed by atoms with Gasteiger partial charge in [-0.15, -0.1) is 0 Å². The summed E-state index contributed by atoms with van der Waals surface area (Å²) in [5.74, 6) is -3.15. The summed E-state index contributed by atoms with van der Waals surface area (Å²) in [7, 11) is 0. The highest BCUT2D eigenvalue weighted by atomic mass is 35.5. The van der Waals surface area contributed by atoms with E-state index in [-0.39, 0.29) is 22.2 Å². The number of benzene rings is 2. The molecule has 1 aliphatic carbocycles. The first-order valence-corrected chi connectivity index (χ1v) is 11.0. The minimum Gasteiger partial charge on any atom is -0.446 e. The van der Waals surface area contributed by atoms with E-state index in [1.54, 1.807) is 13.8 Å². The number of carbonyl (C=O) groups is 3. The number of ether oxygens (including phenoxy) is 1. The Morgan fingerprint density at radius 3 is 2.35 bits per heavy atom. The molecule has 0 bridgehead atoms. The number of rotatable bonds is 9. The number of hydrogen-bond donors (Lipinski definition) is 2. The minimum absolute atomic E-state index is 0.00422. The number of carbonyl (C=O) groups excluding carboxylic acids is 3. The van der Waals surface area contributed by atoms with Crippen LogP contribution in [0.15, 0.2) is 42.5 Å². The molecule has 180 valence electrons. The van der Waals surface area contributed by atoms with Crippen LogP contribution in [-0.2, 0) is 14.3 Å². The summed E-state index contributed by atoms with van der Waals surface area (Å²) in [6.07, 6.45) is 0.282. The van der Waals surface area contributed by atoms with Crippen LogP contribution in [0.2, 0.25) is 5.02 Å². The molecule has 0 aliphatic heterocycles. The number of nitro groups is 1. The fraction of sp³-hybridized carbons (Fsp3) is 0.348. The van der Waals surface area contributed by atoms with Gasteiger partial charge in [0.2, 0.25) is 6.10 Å². The Balaban J connectivity index is 1.79. The first-order valence-electron chi connectivity index (χ1n) is 10.6. The Morgan fingerprint density at radius 1 is 1.15 bits per heavy atom. The van der Waals surface area contributed by atoms with E-state index in [4.69, 9.17) is 16.3 Å². The number of hydrogen-bond acceptors (Lipinski definition) is 6. The second kappa shape index (κ2) is 10.6. The summed E-state index contributed by atoms with van der Waals surface area (Å²) < 4.78 is 18.9. The monoisotopic (exact) mass is 491 g/mol. The Kier molecular flexibility index (Phi) is 7.83. The van der Waals surface area contributed by atoms with Crippen molar-refractivity contribution in [2.24, 2.45) is 5.92 Å². The van der Waals surface area contributed by atoms with E-state index < -0.39 is 52.3 Å². The van der Waals surface area contributed by atoms with Crippen molar-refractivity contribution in [1.82, 2.24) is 10.6 Å². The van der Waals surface area contributed by atoms with Crippen LogP contribution in [0.3, 0.4) is 0 Å². The van der Waals surface area contributed by atoms with Crippen molar-refractivity contribution in [3.05, 3.63) is 74.5 Å². The van der Waals surface area contributed by atoms with E-state index in [9.17, 15) is 28.9 Å². The van der Waals surface area contributed by atoms with Crippen LogP contribution >= 0.6 is 11.6 Å². The van der Waals surface area contributed by atoms with Crippen LogP contribution in [0.5, 0.6) is 0 Å². The van der Waals surface area contributed by atoms with Gasteiger partial charge in [0.05, 0.1) is 4.92 Å². The molecule has 3 rings (SSSR count). The number of nitro benzene ring substituents is 1. The normalized spacial score (nSPS) is 14.7. The summed E-state index contributed by atoms with van der Waals surface area (Å²) in [5, 5.41) is 16.2. The van der Waals surface area contributed by atoms with Crippen molar-refractivity contribution in [1.29, 1.82) is 0 Å². The minimum atomic E-state index is -1.34. The molecule has 0 spiro atoms. The zero-order chi connectivity index (χ0) is 25.0. The van der Waals surface area contributed by atoms with Gasteiger partial charge >= 0.3 is 5.97 Å². The number of nitrogens with one attached hydrogen (secondary N) is 2. The number of esters is 1. The molecule has 0 radical (unpaired) electrons. The largest absolute Gasteiger partial charge is 0.446 e. The first kappa shape index (κ1) is 25.1. The maximum Gasteiger partial charge on any atom is 0.330 e. The molecule has 0 heterocycles. The van der Waals surface area contributed by atoms with Gasteiger partial charge in [0.1, 0.15) is 16.9 Å². The highest BCUT2D eigenvalue weighted by Gasteiger charge is 2.34. The third kappa shape index (κ3) is 6.28. The second-order valence-corrected chi connectivity index (χ2v) is 8.68. The molecular formula is C23H23ClFN3O6. The lowest BCUT2D eigenvalue weighted by Crippen LogP contribution is -2.46. The standard InChI is InChI=1S/C23H23ClFN3O6/c1-12(2)19(27-21(29)14-5-10-17(24)18(11-14)28(32)33)23(31)34-20(22(30)26-16-8-9-16)13-3-6-15(25)7-4-13/h3-7,10-12,16,19-20H,8-9H2,1-2H3,(H,26,30)(H,27,29)/t19-,20+/m1/s1. The maximum absolute atomic E-state index is 13.4. The van der Waals surface area contributed by atoms with Gasteiger partial charge in [0.15, 0.2) is 0 Å². The zero-order valence-corrected chi connectivity index (χ0v) is 19.2. The molecule has 2 amide bonds. The predicted molar refractivity (Wildman–Crippen MR) is 121 cm³/mol. The van der Waals surface area contributed by atoms with Crippen molar-refractivity contribution < 1.29 is 28.4 Å². The fourth-order valence-electron chi connectivity index (χ4n) is 3.12. The van der Waals surface area contributed by atoms with E-state index in [0.29, 0.717) is 0 Å². The quantitative estimate of drug-likeness (QED) is 0.313. The summed E-state index contributed by atoms with van der Waals surface area (Å²) >= 11 is 5.79. The lowest BCUT2D eigenvalue weighted by atomic mass is 10.0. The highest BCUT2D eigenvalue weighted by molar-refractivity contribution is 6.32. The molecular weight excluding hydrogens is 469 g/mol. The molecule has 2 N–H and O–H groups in total. The van der Waals surface area contributed by atoms with E-state index in [2.05, 4.69) is 10.6 Å². The van der Waals surface area contributed by atoms with E-state index in [1.165, 1.54) is 24.3 Å². The first-order chi connectivity index (χ1) is 16.1. The predicted octanol–water partition coefficient (Wildman–Crippen LogP) is 3.70. The molecule has 1 aliphatic rings. The molecule has 9 nitrogen and oxygen atoms in total. The molecule has 0 saturated heterocycles.